The lowest BCUT2D eigenvalue weighted by molar-refractivity contribution is -0.121. The SMILES string of the molecule is CCn1nccc1C(=O)N[C@H](C(=O)Nc1ccc(-c2c(C)n[nH]c2C)c(Cl)n1)C(C1CCCCC1)C1CCCCC1. The molecule has 220 valence electrons. The van der Waals surface area contributed by atoms with Gasteiger partial charge >= 0.3 is 0 Å². The summed E-state index contributed by atoms with van der Waals surface area (Å²) < 4.78 is 1.67. The third-order valence-corrected chi connectivity index (χ3v) is 9.38. The largest absolute Gasteiger partial charge is 0.339 e. The van der Waals surface area contributed by atoms with E-state index in [0.717, 1.165) is 48.2 Å². The van der Waals surface area contributed by atoms with Gasteiger partial charge in [-0.15, -0.1) is 0 Å². The van der Waals surface area contributed by atoms with Crippen LogP contribution in [-0.4, -0.2) is 42.8 Å². The number of hydrogen-bond acceptors (Lipinski definition) is 5. The average molecular weight is 580 g/mol. The van der Waals surface area contributed by atoms with Crippen LogP contribution in [0, 0.1) is 31.6 Å². The smallest absolute Gasteiger partial charge is 0.270 e. The minimum atomic E-state index is -0.687. The van der Waals surface area contributed by atoms with Gasteiger partial charge in [0, 0.05) is 29.6 Å². The summed E-state index contributed by atoms with van der Waals surface area (Å²) in [5.74, 6) is 0.701. The van der Waals surface area contributed by atoms with Gasteiger partial charge in [0.05, 0.1) is 5.69 Å². The van der Waals surface area contributed by atoms with Crippen LogP contribution < -0.4 is 10.6 Å². The van der Waals surface area contributed by atoms with Crippen LogP contribution in [0.1, 0.15) is 93.0 Å². The zero-order valence-electron chi connectivity index (χ0n) is 24.4. The van der Waals surface area contributed by atoms with Gasteiger partial charge in [-0.05, 0) is 56.7 Å². The lowest BCUT2D eigenvalue weighted by atomic mass is 9.66. The second kappa shape index (κ2) is 13.2. The standard InChI is InChI=1S/C31H42ClN7O2/c1-4-39-24(17-18-33-39)30(40)36-28(27(21-11-7-5-8-12-21)22-13-9-6-10-14-22)31(41)35-25-16-15-23(29(32)34-25)26-19(2)37-38-20(26)3/h15-18,21-22,27-28H,4-14H2,1-3H3,(H,36,40)(H,37,38)(H,34,35,41)/t28-/m0/s1. The number of carbonyl (C=O) groups is 2. The number of nitrogens with zero attached hydrogens (tertiary/aromatic N) is 4. The number of aromatic amines is 1. The number of carbonyl (C=O) groups excluding carboxylic acids is 2. The molecule has 0 radical (unpaired) electrons. The summed E-state index contributed by atoms with van der Waals surface area (Å²) in [6, 6.07) is 4.66. The highest BCUT2D eigenvalue weighted by Gasteiger charge is 2.41. The molecule has 5 rings (SSSR count). The molecule has 3 N–H and O–H groups in total. The molecule has 3 heterocycles. The molecule has 0 aromatic carbocycles. The van der Waals surface area contributed by atoms with Gasteiger partial charge in [0.1, 0.15) is 22.7 Å². The van der Waals surface area contributed by atoms with Crippen molar-refractivity contribution in [2.24, 2.45) is 17.8 Å². The van der Waals surface area contributed by atoms with E-state index in [4.69, 9.17) is 11.6 Å². The summed E-state index contributed by atoms with van der Waals surface area (Å²) in [6.07, 6.45) is 13.2. The summed E-state index contributed by atoms with van der Waals surface area (Å²) in [7, 11) is 0. The quantitative estimate of drug-likeness (QED) is 0.251. The molecule has 0 saturated heterocycles. The molecule has 3 aromatic rings. The van der Waals surface area contributed by atoms with E-state index in [0.29, 0.717) is 35.0 Å². The minimum Gasteiger partial charge on any atom is -0.339 e. The van der Waals surface area contributed by atoms with Gasteiger partial charge in [0.15, 0.2) is 0 Å². The topological polar surface area (TPSA) is 118 Å². The normalized spacial score (nSPS) is 17.5. The fourth-order valence-electron chi connectivity index (χ4n) is 7.14. The van der Waals surface area contributed by atoms with Gasteiger partial charge in [-0.1, -0.05) is 75.8 Å². The summed E-state index contributed by atoms with van der Waals surface area (Å²) in [6.45, 7) is 6.38. The van der Waals surface area contributed by atoms with Crippen molar-refractivity contribution >= 4 is 29.2 Å². The van der Waals surface area contributed by atoms with Crippen LogP contribution in [0.4, 0.5) is 5.82 Å². The molecule has 10 heteroatoms. The lowest BCUT2D eigenvalue weighted by Crippen LogP contribution is -2.53. The molecule has 0 aliphatic heterocycles. The Kier molecular flexibility index (Phi) is 9.42. The minimum absolute atomic E-state index is 0.0588. The second-order valence-corrected chi connectivity index (χ2v) is 12.0. The maximum absolute atomic E-state index is 14.2. The number of anilines is 1. The highest BCUT2D eigenvalue weighted by atomic mass is 35.5. The molecule has 2 aliphatic carbocycles. The molecular formula is C31H42ClN7O2. The number of aryl methyl sites for hydroxylation is 3. The van der Waals surface area contributed by atoms with E-state index < -0.39 is 6.04 Å². The molecule has 3 aromatic heterocycles. The van der Waals surface area contributed by atoms with Crippen molar-refractivity contribution in [1.29, 1.82) is 0 Å². The van der Waals surface area contributed by atoms with Crippen molar-refractivity contribution in [2.75, 3.05) is 5.32 Å². The number of aromatic nitrogens is 5. The summed E-state index contributed by atoms with van der Waals surface area (Å²) in [4.78, 5) is 32.3. The molecule has 2 fully saturated rings. The highest BCUT2D eigenvalue weighted by molar-refractivity contribution is 6.32. The molecule has 0 unspecified atom stereocenters. The number of amides is 2. The van der Waals surface area contributed by atoms with E-state index in [9.17, 15) is 9.59 Å². The maximum Gasteiger partial charge on any atom is 0.270 e. The zero-order valence-corrected chi connectivity index (χ0v) is 25.1. The molecule has 2 aliphatic rings. The Balaban J connectivity index is 1.46. The van der Waals surface area contributed by atoms with Crippen LogP contribution in [0.25, 0.3) is 11.1 Å². The monoisotopic (exact) mass is 579 g/mol. The van der Waals surface area contributed by atoms with Crippen molar-refractivity contribution in [3.05, 3.63) is 46.6 Å². The predicted molar refractivity (Wildman–Crippen MR) is 161 cm³/mol. The molecule has 2 saturated carbocycles. The Morgan fingerprint density at radius 1 is 1.02 bits per heavy atom. The Hall–Kier alpha value is -3.20. The Morgan fingerprint density at radius 3 is 2.24 bits per heavy atom. The van der Waals surface area contributed by atoms with Crippen LogP contribution in [0.2, 0.25) is 5.15 Å². The molecule has 2 amide bonds. The Bertz CT molecular complexity index is 1320. The highest BCUT2D eigenvalue weighted by Crippen LogP contribution is 2.42. The van der Waals surface area contributed by atoms with E-state index >= 15 is 0 Å². The van der Waals surface area contributed by atoms with Crippen LogP contribution in [0.5, 0.6) is 0 Å². The summed E-state index contributed by atoms with van der Waals surface area (Å²) in [5.41, 5.74) is 3.87. The molecule has 9 nitrogen and oxygen atoms in total. The number of nitrogens with one attached hydrogen (secondary N) is 3. The van der Waals surface area contributed by atoms with Crippen molar-refractivity contribution in [2.45, 2.75) is 97.6 Å². The summed E-state index contributed by atoms with van der Waals surface area (Å²) in [5, 5.41) is 18.0. The number of hydrogen-bond donors (Lipinski definition) is 3. The van der Waals surface area contributed by atoms with Crippen LogP contribution in [0.3, 0.4) is 0 Å². The fourth-order valence-corrected chi connectivity index (χ4v) is 7.39. The van der Waals surface area contributed by atoms with Crippen LogP contribution >= 0.6 is 11.6 Å². The predicted octanol–water partition coefficient (Wildman–Crippen LogP) is 6.47. The van der Waals surface area contributed by atoms with Gasteiger partial charge in [-0.25, -0.2) is 4.98 Å². The third kappa shape index (κ3) is 6.50. The number of pyridine rings is 1. The number of H-pyrrole nitrogens is 1. The van der Waals surface area contributed by atoms with Gasteiger partial charge in [-0.3, -0.25) is 19.4 Å². The maximum atomic E-state index is 14.2. The molecule has 0 spiro atoms. The van der Waals surface area contributed by atoms with Crippen molar-refractivity contribution in [3.63, 3.8) is 0 Å². The fraction of sp³-hybridized carbons (Fsp3) is 0.581. The lowest BCUT2D eigenvalue weighted by Gasteiger charge is -2.41. The Morgan fingerprint density at radius 2 is 1.68 bits per heavy atom. The van der Waals surface area contributed by atoms with Crippen molar-refractivity contribution in [3.8, 4) is 11.1 Å². The van der Waals surface area contributed by atoms with E-state index in [1.807, 2.05) is 26.8 Å². The first kappa shape index (κ1) is 29.3. The van der Waals surface area contributed by atoms with E-state index in [2.05, 4.69) is 30.9 Å². The van der Waals surface area contributed by atoms with E-state index in [1.165, 1.54) is 38.5 Å². The second-order valence-electron chi connectivity index (χ2n) is 11.7. The van der Waals surface area contributed by atoms with Gasteiger partial charge in [0.2, 0.25) is 5.91 Å². The van der Waals surface area contributed by atoms with Gasteiger partial charge in [0.25, 0.3) is 5.91 Å². The van der Waals surface area contributed by atoms with Gasteiger partial charge < -0.3 is 10.6 Å². The first-order valence-electron chi connectivity index (χ1n) is 15.2. The van der Waals surface area contributed by atoms with Crippen LogP contribution in [-0.2, 0) is 11.3 Å². The summed E-state index contributed by atoms with van der Waals surface area (Å²) >= 11 is 6.64. The van der Waals surface area contributed by atoms with E-state index in [1.54, 1.807) is 23.0 Å². The first-order chi connectivity index (χ1) is 19.9. The van der Waals surface area contributed by atoms with Crippen molar-refractivity contribution < 1.29 is 9.59 Å². The van der Waals surface area contributed by atoms with Crippen LogP contribution in [0.15, 0.2) is 24.4 Å². The Labute approximate surface area is 247 Å². The van der Waals surface area contributed by atoms with Crippen molar-refractivity contribution in [1.82, 2.24) is 30.3 Å². The molecule has 41 heavy (non-hydrogen) atoms. The zero-order chi connectivity index (χ0) is 28.9. The molecular weight excluding hydrogens is 538 g/mol. The van der Waals surface area contributed by atoms with Gasteiger partial charge in [-0.2, -0.15) is 10.2 Å². The molecule has 0 bridgehead atoms. The number of rotatable bonds is 9. The van der Waals surface area contributed by atoms with E-state index in [-0.39, 0.29) is 17.7 Å². The first-order valence-corrected chi connectivity index (χ1v) is 15.6. The third-order valence-electron chi connectivity index (χ3n) is 9.09. The number of halogens is 1. The average Bonchev–Trinajstić information content (AvgIpc) is 3.60. The molecule has 1 atom stereocenters.